The molecule has 1 amide bonds. The summed E-state index contributed by atoms with van der Waals surface area (Å²) in [7, 11) is 0. The van der Waals surface area contributed by atoms with Crippen LogP contribution in [-0.2, 0) is 4.79 Å². The molecule has 0 saturated heterocycles. The Morgan fingerprint density at radius 1 is 1.75 bits per heavy atom. The van der Waals surface area contributed by atoms with Crippen LogP contribution < -0.4 is 5.11 Å². The summed E-state index contributed by atoms with van der Waals surface area (Å²) in [6.07, 6.45) is 1.97. The maximum absolute atomic E-state index is 10.1. The number of nitrogens with zero attached hydrogens (tertiary/aromatic N) is 2. The summed E-state index contributed by atoms with van der Waals surface area (Å²) in [4.78, 5) is 15.9. The fraction of sp³-hybridized carbons (Fsp3) is 0. The van der Waals surface area contributed by atoms with Crippen LogP contribution in [0.15, 0.2) is 9.98 Å². The SMILES string of the molecule is O=C1[C+]=C=NC([O-])=N1. The maximum atomic E-state index is 10.1. The number of carbonyl (C=O) groups excluding carboxylic acids is 1. The van der Waals surface area contributed by atoms with Gasteiger partial charge >= 0.3 is 12.0 Å². The molecule has 0 spiro atoms. The molecule has 1 aliphatic heterocycles. The molecule has 4 heteroatoms. The molecule has 0 aromatic carbocycles. The Labute approximate surface area is 44.9 Å². The van der Waals surface area contributed by atoms with Gasteiger partial charge in [0, 0.05) is 0 Å². The summed E-state index contributed by atoms with van der Waals surface area (Å²) in [5.74, 6) is 1.25. The fourth-order valence-electron chi connectivity index (χ4n) is 0.263. The van der Waals surface area contributed by atoms with E-state index in [-0.39, 0.29) is 0 Å². The molecular weight excluding hydrogens is 108 g/mol. The summed E-state index contributed by atoms with van der Waals surface area (Å²) in [5, 5.41) is 10.0. The van der Waals surface area contributed by atoms with Crippen LogP contribution in [0.1, 0.15) is 0 Å². The summed E-state index contributed by atoms with van der Waals surface area (Å²) < 4.78 is 0. The van der Waals surface area contributed by atoms with E-state index in [4.69, 9.17) is 0 Å². The van der Waals surface area contributed by atoms with Gasteiger partial charge in [-0.15, -0.1) is 0 Å². The number of amides is 1. The van der Waals surface area contributed by atoms with Crippen LogP contribution in [0.25, 0.3) is 0 Å². The lowest BCUT2D eigenvalue weighted by molar-refractivity contribution is -0.217. The van der Waals surface area contributed by atoms with Crippen molar-refractivity contribution in [3.05, 3.63) is 6.08 Å². The topological polar surface area (TPSA) is 64.8 Å². The van der Waals surface area contributed by atoms with E-state index in [0.29, 0.717) is 0 Å². The van der Waals surface area contributed by atoms with Gasteiger partial charge in [0.15, 0.2) is 0 Å². The second kappa shape index (κ2) is 1.54. The predicted octanol–water partition coefficient (Wildman–Crippen LogP) is -1.73. The Kier molecular flexibility index (Phi) is 0.897. The second-order valence-electron chi connectivity index (χ2n) is 1.05. The highest BCUT2D eigenvalue weighted by molar-refractivity contribution is 6.02. The first-order valence-electron chi connectivity index (χ1n) is 1.80. The number of hydrogen-bond acceptors (Lipinski definition) is 3. The van der Waals surface area contributed by atoms with E-state index < -0.39 is 11.9 Å². The molecule has 0 bridgehead atoms. The first-order valence-corrected chi connectivity index (χ1v) is 1.80. The minimum Gasteiger partial charge on any atom is -0.844 e. The average Bonchev–Trinajstić information content (AvgIpc) is 1.64. The van der Waals surface area contributed by atoms with Crippen molar-refractivity contribution in [2.45, 2.75) is 0 Å². The van der Waals surface area contributed by atoms with Crippen LogP contribution >= 0.6 is 0 Å². The Balaban J connectivity index is 3.03. The van der Waals surface area contributed by atoms with Gasteiger partial charge in [0.1, 0.15) is 6.02 Å². The maximum Gasteiger partial charge on any atom is 0.529 e. The quantitative estimate of drug-likeness (QED) is 0.346. The van der Waals surface area contributed by atoms with Gasteiger partial charge in [-0.2, -0.15) is 9.98 Å². The van der Waals surface area contributed by atoms with Gasteiger partial charge in [-0.25, -0.2) is 4.79 Å². The summed E-state index contributed by atoms with van der Waals surface area (Å²) >= 11 is 0. The molecule has 0 aromatic rings. The van der Waals surface area contributed by atoms with Crippen LogP contribution in [0.3, 0.4) is 0 Å². The van der Waals surface area contributed by atoms with Crippen LogP contribution in [0.2, 0.25) is 0 Å². The Morgan fingerprint density at radius 2 is 2.50 bits per heavy atom. The minimum atomic E-state index is -0.811. The van der Waals surface area contributed by atoms with Crippen molar-refractivity contribution in [2.24, 2.45) is 9.98 Å². The number of rotatable bonds is 0. The van der Waals surface area contributed by atoms with Crippen molar-refractivity contribution in [2.75, 3.05) is 0 Å². The highest BCUT2D eigenvalue weighted by atomic mass is 16.3. The highest BCUT2D eigenvalue weighted by Crippen LogP contribution is 1.79. The number of aliphatic imine (C=N–C) groups is 2. The van der Waals surface area contributed by atoms with Gasteiger partial charge in [0.05, 0.1) is 0 Å². The van der Waals surface area contributed by atoms with Crippen molar-refractivity contribution in [1.82, 2.24) is 0 Å². The standard InChI is InChI=1S/C4N2O2/c7-3-1-2-5-4(8)6-3. The summed E-state index contributed by atoms with van der Waals surface area (Å²) in [6.45, 7) is 0. The summed E-state index contributed by atoms with van der Waals surface area (Å²) in [5.41, 5.74) is 0. The lowest BCUT2D eigenvalue weighted by atomic mass is 10.6. The average molecular weight is 108 g/mol. The largest absolute Gasteiger partial charge is 0.844 e. The Morgan fingerprint density at radius 3 is 2.88 bits per heavy atom. The highest BCUT2D eigenvalue weighted by Gasteiger charge is 2.11. The minimum absolute atomic E-state index is 0.718. The van der Waals surface area contributed by atoms with Crippen LogP contribution in [-0.4, -0.2) is 17.8 Å². The number of amidine groups is 1. The summed E-state index contributed by atoms with van der Waals surface area (Å²) in [6, 6.07) is -0.811. The van der Waals surface area contributed by atoms with E-state index in [1.54, 1.807) is 0 Å². The van der Waals surface area contributed by atoms with Crippen molar-refractivity contribution in [3.8, 4) is 0 Å². The molecule has 4 nitrogen and oxygen atoms in total. The van der Waals surface area contributed by atoms with Crippen molar-refractivity contribution >= 4 is 17.8 Å². The first-order chi connectivity index (χ1) is 3.79. The second-order valence-corrected chi connectivity index (χ2v) is 1.05. The van der Waals surface area contributed by atoms with E-state index in [9.17, 15) is 9.90 Å². The van der Waals surface area contributed by atoms with E-state index in [0.717, 1.165) is 0 Å². The molecular formula is C4N2O2. The van der Waals surface area contributed by atoms with E-state index >= 15 is 0 Å². The smallest absolute Gasteiger partial charge is 0.529 e. The van der Waals surface area contributed by atoms with Gasteiger partial charge in [-0.3, -0.25) is 0 Å². The zero-order chi connectivity index (χ0) is 5.98. The Hall–Kier alpha value is -1.50. The van der Waals surface area contributed by atoms with Crippen molar-refractivity contribution in [3.63, 3.8) is 0 Å². The molecule has 8 heavy (non-hydrogen) atoms. The molecule has 0 aromatic heterocycles. The fourth-order valence-corrected chi connectivity index (χ4v) is 0.263. The van der Waals surface area contributed by atoms with Gasteiger partial charge < -0.3 is 5.11 Å². The first kappa shape index (κ1) is 4.65. The lowest BCUT2D eigenvalue weighted by Crippen LogP contribution is -2.17. The third-order valence-corrected chi connectivity index (χ3v) is 0.512. The monoisotopic (exact) mass is 108 g/mol. The molecule has 1 rings (SSSR count). The van der Waals surface area contributed by atoms with Gasteiger partial charge in [0.25, 0.3) is 5.87 Å². The van der Waals surface area contributed by atoms with Crippen molar-refractivity contribution < 1.29 is 9.90 Å². The molecule has 0 radical (unpaired) electrons. The van der Waals surface area contributed by atoms with Gasteiger partial charge in [-0.1, -0.05) is 0 Å². The molecule has 0 saturated carbocycles. The van der Waals surface area contributed by atoms with Crippen LogP contribution in [0.4, 0.5) is 0 Å². The Bertz CT molecular complexity index is 210. The van der Waals surface area contributed by atoms with Crippen LogP contribution in [0.5, 0.6) is 0 Å². The zero-order valence-electron chi connectivity index (χ0n) is 3.71. The van der Waals surface area contributed by atoms with E-state index in [1.807, 2.05) is 11.9 Å². The molecule has 0 unspecified atom stereocenters. The number of hydrogen-bond donors (Lipinski definition) is 0. The van der Waals surface area contributed by atoms with Crippen LogP contribution in [0, 0.1) is 6.08 Å². The zero-order valence-corrected chi connectivity index (χ0v) is 3.71. The molecule has 38 valence electrons. The molecule has 0 aliphatic carbocycles. The lowest BCUT2D eigenvalue weighted by Gasteiger charge is -1.93. The van der Waals surface area contributed by atoms with E-state index in [2.05, 4.69) is 9.98 Å². The third kappa shape index (κ3) is 0.763. The molecule has 1 aliphatic rings. The third-order valence-electron chi connectivity index (χ3n) is 0.512. The van der Waals surface area contributed by atoms with E-state index in [1.165, 1.54) is 0 Å². The van der Waals surface area contributed by atoms with Gasteiger partial charge in [-0.05, 0) is 0 Å². The normalized spacial score (nSPS) is 15.5. The molecule has 0 N–H and O–H groups in total. The number of carbonyl (C=O) groups is 1. The molecule has 0 atom stereocenters. The predicted molar refractivity (Wildman–Crippen MR) is 23.1 cm³/mol. The molecule has 1 heterocycles. The van der Waals surface area contributed by atoms with Gasteiger partial charge in [0.2, 0.25) is 0 Å². The van der Waals surface area contributed by atoms with Crippen molar-refractivity contribution in [1.29, 1.82) is 0 Å². The molecule has 0 fully saturated rings.